The minimum atomic E-state index is -0.765. The highest BCUT2D eigenvalue weighted by Gasteiger charge is 2.00. The fourth-order valence-electron chi connectivity index (χ4n) is 1.58. The van der Waals surface area contributed by atoms with Gasteiger partial charge in [0.1, 0.15) is 5.75 Å². The molecule has 94 valence electrons. The third-order valence-corrected chi connectivity index (χ3v) is 2.54. The molecule has 0 spiro atoms. The van der Waals surface area contributed by atoms with Gasteiger partial charge >= 0.3 is 5.97 Å². The Labute approximate surface area is 102 Å². The second-order valence-corrected chi connectivity index (χ2v) is 4.10. The third kappa shape index (κ3) is 5.95. The number of rotatable bonds is 8. The van der Waals surface area contributed by atoms with Gasteiger partial charge in [-0.1, -0.05) is 31.9 Å². The standard InChI is InChI=1S/C14H20O3/c1-2-3-4-10-17-13-7-5-6-12(11-13)8-9-14(15)16/h5-7,11H,2-4,8-10H2,1H3,(H,15,16). The molecule has 1 rings (SSSR count). The van der Waals surface area contributed by atoms with Crippen LogP contribution in [0.5, 0.6) is 5.75 Å². The van der Waals surface area contributed by atoms with Crippen LogP contribution in [-0.2, 0) is 11.2 Å². The van der Waals surface area contributed by atoms with Crippen LogP contribution in [0.15, 0.2) is 24.3 Å². The fraction of sp³-hybridized carbons (Fsp3) is 0.500. The van der Waals surface area contributed by atoms with Crippen LogP contribution in [0, 0.1) is 0 Å². The molecule has 1 N–H and O–H groups in total. The number of aryl methyl sites for hydroxylation is 1. The van der Waals surface area contributed by atoms with E-state index in [1.807, 2.05) is 24.3 Å². The Bertz CT molecular complexity index is 347. The van der Waals surface area contributed by atoms with Crippen molar-refractivity contribution >= 4 is 5.97 Å². The van der Waals surface area contributed by atoms with Crippen molar-refractivity contribution < 1.29 is 14.6 Å². The number of hydrogen-bond donors (Lipinski definition) is 1. The van der Waals surface area contributed by atoms with Crippen molar-refractivity contribution in [3.8, 4) is 5.75 Å². The summed E-state index contributed by atoms with van der Waals surface area (Å²) in [6.07, 6.45) is 4.15. The number of ether oxygens (including phenoxy) is 1. The van der Waals surface area contributed by atoms with E-state index in [2.05, 4.69) is 6.92 Å². The summed E-state index contributed by atoms with van der Waals surface area (Å²) < 4.78 is 5.61. The minimum absolute atomic E-state index is 0.166. The molecule has 0 amide bonds. The molecular weight excluding hydrogens is 216 g/mol. The lowest BCUT2D eigenvalue weighted by Crippen LogP contribution is -1.99. The van der Waals surface area contributed by atoms with E-state index in [0.717, 1.165) is 24.3 Å². The lowest BCUT2D eigenvalue weighted by Gasteiger charge is -2.07. The predicted octanol–water partition coefficient (Wildman–Crippen LogP) is 3.27. The van der Waals surface area contributed by atoms with Crippen LogP contribution in [0.1, 0.15) is 38.2 Å². The summed E-state index contributed by atoms with van der Waals surface area (Å²) in [4.78, 5) is 10.5. The van der Waals surface area contributed by atoms with Crippen LogP contribution in [-0.4, -0.2) is 17.7 Å². The zero-order chi connectivity index (χ0) is 12.5. The van der Waals surface area contributed by atoms with Crippen LogP contribution in [0.2, 0.25) is 0 Å². The van der Waals surface area contributed by atoms with E-state index < -0.39 is 5.97 Å². The SMILES string of the molecule is CCCCCOc1cccc(CCC(=O)O)c1. The Balaban J connectivity index is 2.39. The molecule has 3 nitrogen and oxygen atoms in total. The molecule has 0 heterocycles. The Kier molecular flexibility index (Phi) is 6.15. The minimum Gasteiger partial charge on any atom is -0.494 e. The first kappa shape index (κ1) is 13.6. The van der Waals surface area contributed by atoms with Crippen LogP contribution < -0.4 is 4.74 Å². The molecule has 0 saturated heterocycles. The van der Waals surface area contributed by atoms with Gasteiger partial charge in [-0.3, -0.25) is 4.79 Å². The number of carbonyl (C=O) groups is 1. The van der Waals surface area contributed by atoms with Crippen molar-refractivity contribution in [1.82, 2.24) is 0 Å². The smallest absolute Gasteiger partial charge is 0.303 e. The molecular formula is C14H20O3. The lowest BCUT2D eigenvalue weighted by atomic mass is 10.1. The molecule has 0 aliphatic carbocycles. The molecule has 17 heavy (non-hydrogen) atoms. The second-order valence-electron chi connectivity index (χ2n) is 4.10. The molecule has 0 bridgehead atoms. The predicted molar refractivity (Wildman–Crippen MR) is 67.4 cm³/mol. The van der Waals surface area contributed by atoms with Gasteiger partial charge in [-0.05, 0) is 30.5 Å². The van der Waals surface area contributed by atoms with Crippen molar-refractivity contribution in [3.63, 3.8) is 0 Å². The first-order valence-corrected chi connectivity index (χ1v) is 6.16. The first-order valence-electron chi connectivity index (χ1n) is 6.16. The summed E-state index contributed by atoms with van der Waals surface area (Å²) in [5.41, 5.74) is 1.01. The Morgan fingerprint density at radius 1 is 1.35 bits per heavy atom. The molecule has 0 saturated carbocycles. The number of carboxylic acid groups (broad SMARTS) is 1. The van der Waals surface area contributed by atoms with Gasteiger partial charge < -0.3 is 9.84 Å². The van der Waals surface area contributed by atoms with Crippen LogP contribution in [0.4, 0.5) is 0 Å². The highest BCUT2D eigenvalue weighted by atomic mass is 16.5. The number of hydrogen-bond acceptors (Lipinski definition) is 2. The number of aliphatic carboxylic acids is 1. The van der Waals surface area contributed by atoms with Crippen LogP contribution in [0.3, 0.4) is 0 Å². The first-order chi connectivity index (χ1) is 8.22. The normalized spacial score (nSPS) is 10.2. The van der Waals surface area contributed by atoms with Crippen molar-refractivity contribution in [1.29, 1.82) is 0 Å². The quantitative estimate of drug-likeness (QED) is 0.705. The van der Waals surface area contributed by atoms with E-state index in [-0.39, 0.29) is 6.42 Å². The van der Waals surface area contributed by atoms with Crippen molar-refractivity contribution in [3.05, 3.63) is 29.8 Å². The zero-order valence-corrected chi connectivity index (χ0v) is 10.3. The van der Waals surface area contributed by atoms with E-state index >= 15 is 0 Å². The van der Waals surface area contributed by atoms with Gasteiger partial charge in [0, 0.05) is 6.42 Å². The Hall–Kier alpha value is -1.51. The molecule has 0 atom stereocenters. The summed E-state index contributed by atoms with van der Waals surface area (Å²) in [5.74, 6) is 0.0725. The summed E-state index contributed by atoms with van der Waals surface area (Å²) in [6, 6.07) is 7.68. The summed E-state index contributed by atoms with van der Waals surface area (Å²) in [6.45, 7) is 2.89. The zero-order valence-electron chi connectivity index (χ0n) is 10.3. The van der Waals surface area contributed by atoms with E-state index in [4.69, 9.17) is 9.84 Å². The van der Waals surface area contributed by atoms with E-state index in [1.165, 1.54) is 12.8 Å². The Morgan fingerprint density at radius 3 is 2.88 bits per heavy atom. The number of carboxylic acids is 1. The molecule has 0 aliphatic rings. The van der Waals surface area contributed by atoms with Crippen LogP contribution in [0.25, 0.3) is 0 Å². The van der Waals surface area contributed by atoms with Crippen molar-refractivity contribution in [2.24, 2.45) is 0 Å². The second kappa shape index (κ2) is 7.71. The highest BCUT2D eigenvalue weighted by molar-refractivity contribution is 5.67. The number of benzene rings is 1. The van der Waals surface area contributed by atoms with Gasteiger partial charge in [0.2, 0.25) is 0 Å². The van der Waals surface area contributed by atoms with E-state index in [1.54, 1.807) is 0 Å². The van der Waals surface area contributed by atoms with E-state index in [0.29, 0.717) is 6.42 Å². The largest absolute Gasteiger partial charge is 0.494 e. The maximum absolute atomic E-state index is 10.5. The van der Waals surface area contributed by atoms with Crippen LogP contribution >= 0.6 is 0 Å². The third-order valence-electron chi connectivity index (χ3n) is 2.54. The molecule has 0 radical (unpaired) electrons. The molecule has 1 aromatic carbocycles. The summed E-state index contributed by atoms with van der Waals surface area (Å²) in [7, 11) is 0. The maximum atomic E-state index is 10.5. The molecule has 3 heteroatoms. The van der Waals surface area contributed by atoms with Crippen molar-refractivity contribution in [2.45, 2.75) is 39.0 Å². The van der Waals surface area contributed by atoms with Gasteiger partial charge in [0.05, 0.1) is 6.61 Å². The van der Waals surface area contributed by atoms with Crippen molar-refractivity contribution in [2.75, 3.05) is 6.61 Å². The molecule has 0 aromatic heterocycles. The summed E-state index contributed by atoms with van der Waals surface area (Å²) >= 11 is 0. The average Bonchev–Trinajstić information content (AvgIpc) is 2.33. The van der Waals surface area contributed by atoms with Gasteiger partial charge in [-0.2, -0.15) is 0 Å². The fourth-order valence-corrected chi connectivity index (χ4v) is 1.58. The van der Waals surface area contributed by atoms with E-state index in [9.17, 15) is 4.79 Å². The monoisotopic (exact) mass is 236 g/mol. The topological polar surface area (TPSA) is 46.5 Å². The van der Waals surface area contributed by atoms with Gasteiger partial charge in [0.15, 0.2) is 0 Å². The van der Waals surface area contributed by atoms with Gasteiger partial charge in [-0.25, -0.2) is 0 Å². The molecule has 0 aliphatic heterocycles. The highest BCUT2D eigenvalue weighted by Crippen LogP contribution is 2.15. The maximum Gasteiger partial charge on any atom is 0.303 e. The lowest BCUT2D eigenvalue weighted by molar-refractivity contribution is -0.136. The van der Waals surface area contributed by atoms with Gasteiger partial charge in [-0.15, -0.1) is 0 Å². The molecule has 0 fully saturated rings. The molecule has 1 aromatic rings. The Morgan fingerprint density at radius 2 is 2.18 bits per heavy atom. The summed E-state index contributed by atoms with van der Waals surface area (Å²) in [5, 5.41) is 8.61. The average molecular weight is 236 g/mol. The number of unbranched alkanes of at least 4 members (excludes halogenated alkanes) is 2. The molecule has 0 unspecified atom stereocenters. The van der Waals surface area contributed by atoms with Gasteiger partial charge in [0.25, 0.3) is 0 Å².